The third kappa shape index (κ3) is 2.98. The Hall–Kier alpha value is -0.290. The number of ether oxygens (including phenoxy) is 2. The first kappa shape index (κ1) is 9.80. The Morgan fingerprint density at radius 3 is 3.08 bits per heavy atom. The number of hydrogen-bond donors (Lipinski definition) is 0. The summed E-state index contributed by atoms with van der Waals surface area (Å²) in [5.41, 5.74) is 0. The quantitative estimate of drug-likeness (QED) is 0.478. The maximum Gasteiger partial charge on any atom is 0.189 e. The Bertz CT molecular complexity index is 238. The molecule has 0 spiro atoms. The summed E-state index contributed by atoms with van der Waals surface area (Å²) in [6, 6.07) is 8.71. The van der Waals surface area contributed by atoms with Crippen LogP contribution in [0, 0.1) is 9.64 Å². The molecule has 0 aliphatic heterocycles. The second kappa shape index (κ2) is 5.37. The molecule has 3 heteroatoms. The van der Waals surface area contributed by atoms with E-state index in [-0.39, 0.29) is 0 Å². The van der Waals surface area contributed by atoms with E-state index < -0.39 is 0 Å². The lowest BCUT2D eigenvalue weighted by atomic mass is 10.3. The van der Waals surface area contributed by atoms with Gasteiger partial charge in [0, 0.05) is 12.7 Å². The molecule has 0 amide bonds. The van der Waals surface area contributed by atoms with Crippen LogP contribution in [0.25, 0.3) is 0 Å². The first-order valence-corrected chi connectivity index (χ1v) is 4.79. The molecule has 0 N–H and O–H groups in total. The Morgan fingerprint density at radius 1 is 1.58 bits per heavy atom. The molecule has 1 aromatic carbocycles. The minimum atomic E-state index is 0.299. The van der Waals surface area contributed by atoms with Gasteiger partial charge in [-0.1, -0.05) is 12.1 Å². The van der Waals surface area contributed by atoms with Crippen LogP contribution in [0.5, 0.6) is 5.75 Å². The van der Waals surface area contributed by atoms with Crippen molar-refractivity contribution in [2.45, 2.75) is 6.92 Å². The molecule has 1 aromatic rings. The Labute approximate surface area is 86.0 Å². The van der Waals surface area contributed by atoms with Crippen LogP contribution in [0.4, 0.5) is 0 Å². The molecule has 0 aliphatic rings. The Morgan fingerprint density at radius 2 is 2.42 bits per heavy atom. The number of hydrogen-bond acceptors (Lipinski definition) is 2. The zero-order valence-electron chi connectivity index (χ0n) is 6.84. The van der Waals surface area contributed by atoms with Gasteiger partial charge >= 0.3 is 0 Å². The fourth-order valence-corrected chi connectivity index (χ4v) is 1.21. The summed E-state index contributed by atoms with van der Waals surface area (Å²) in [5, 5.41) is 0. The van der Waals surface area contributed by atoms with Crippen molar-refractivity contribution < 1.29 is 9.47 Å². The van der Waals surface area contributed by atoms with Gasteiger partial charge in [-0.15, -0.1) is 0 Å². The van der Waals surface area contributed by atoms with E-state index >= 15 is 0 Å². The summed E-state index contributed by atoms with van der Waals surface area (Å²) in [7, 11) is 0. The van der Waals surface area contributed by atoms with Crippen molar-refractivity contribution in [3.63, 3.8) is 0 Å². The lowest BCUT2D eigenvalue weighted by Gasteiger charge is -2.06. The Kier molecular flexibility index (Phi) is 4.39. The summed E-state index contributed by atoms with van der Waals surface area (Å²) >= 11 is 2.20. The normalized spacial score (nSPS) is 9.83. The molecule has 0 aliphatic carbocycles. The molecular formula is C9H10IO2. The fraction of sp³-hybridized carbons (Fsp3) is 0.333. The van der Waals surface area contributed by atoms with Gasteiger partial charge in [0.05, 0.1) is 3.57 Å². The highest BCUT2D eigenvalue weighted by atomic mass is 127. The van der Waals surface area contributed by atoms with E-state index in [4.69, 9.17) is 9.47 Å². The first-order chi connectivity index (χ1) is 5.84. The van der Waals surface area contributed by atoms with E-state index in [0.717, 1.165) is 9.32 Å². The predicted molar refractivity (Wildman–Crippen MR) is 55.1 cm³/mol. The number of halogens is 1. The molecule has 2 nitrogen and oxygen atoms in total. The van der Waals surface area contributed by atoms with E-state index in [0.29, 0.717) is 13.4 Å². The zero-order chi connectivity index (χ0) is 8.81. The van der Waals surface area contributed by atoms with Gasteiger partial charge in [0.2, 0.25) is 0 Å². The number of para-hydroxylation sites is 1. The lowest BCUT2D eigenvalue weighted by molar-refractivity contribution is 0.0217. The molecule has 65 valence electrons. The van der Waals surface area contributed by atoms with Gasteiger partial charge in [-0.25, -0.2) is 0 Å². The van der Waals surface area contributed by atoms with E-state index in [2.05, 4.69) is 28.7 Å². The van der Waals surface area contributed by atoms with E-state index in [1.165, 1.54) is 0 Å². The van der Waals surface area contributed by atoms with Gasteiger partial charge < -0.3 is 9.47 Å². The van der Waals surface area contributed by atoms with Gasteiger partial charge in [-0.3, -0.25) is 0 Å². The van der Waals surface area contributed by atoms with E-state index in [1.807, 2.05) is 25.1 Å². The van der Waals surface area contributed by atoms with E-state index in [9.17, 15) is 0 Å². The van der Waals surface area contributed by atoms with Crippen LogP contribution in [0.3, 0.4) is 0 Å². The van der Waals surface area contributed by atoms with Crippen molar-refractivity contribution in [3.05, 3.63) is 27.8 Å². The van der Waals surface area contributed by atoms with Gasteiger partial charge in [-0.2, -0.15) is 0 Å². The monoisotopic (exact) mass is 277 g/mol. The molecule has 0 saturated carbocycles. The van der Waals surface area contributed by atoms with E-state index in [1.54, 1.807) is 0 Å². The summed E-state index contributed by atoms with van der Waals surface area (Å²) in [5.74, 6) is 0.756. The van der Waals surface area contributed by atoms with Crippen molar-refractivity contribution >= 4 is 22.6 Å². The van der Waals surface area contributed by atoms with Gasteiger partial charge in [0.1, 0.15) is 5.75 Å². The fourth-order valence-electron chi connectivity index (χ4n) is 0.696. The molecule has 0 atom stereocenters. The Balaban J connectivity index is 2.46. The second-order valence-electron chi connectivity index (χ2n) is 2.10. The van der Waals surface area contributed by atoms with Gasteiger partial charge in [-0.05, 0) is 35.6 Å². The lowest BCUT2D eigenvalue weighted by Crippen LogP contribution is -2.02. The van der Waals surface area contributed by atoms with Crippen molar-refractivity contribution in [3.8, 4) is 5.75 Å². The molecule has 0 heterocycles. The molecular weight excluding hydrogens is 267 g/mol. The minimum Gasteiger partial charge on any atom is -0.466 e. The second-order valence-corrected chi connectivity index (χ2v) is 3.26. The van der Waals surface area contributed by atoms with Crippen LogP contribution in [-0.2, 0) is 4.74 Å². The highest BCUT2D eigenvalue weighted by Crippen LogP contribution is 2.18. The van der Waals surface area contributed by atoms with Crippen molar-refractivity contribution in [1.29, 1.82) is 0 Å². The molecule has 0 bridgehead atoms. The van der Waals surface area contributed by atoms with Crippen LogP contribution in [-0.4, -0.2) is 13.4 Å². The third-order valence-electron chi connectivity index (χ3n) is 1.26. The standard InChI is InChI=1S/C9H10IO2/c1-2-11-7-12-9-6-4-3-5-8(9)10/h3-5H,2,7H2,1H3. The SMILES string of the molecule is CCOCOc1[c]cccc1I. The van der Waals surface area contributed by atoms with Crippen LogP contribution in [0.1, 0.15) is 6.92 Å². The zero-order valence-corrected chi connectivity index (χ0v) is 9.00. The smallest absolute Gasteiger partial charge is 0.189 e. The third-order valence-corrected chi connectivity index (χ3v) is 2.11. The maximum atomic E-state index is 5.29. The molecule has 0 fully saturated rings. The number of benzene rings is 1. The number of rotatable bonds is 4. The highest BCUT2D eigenvalue weighted by Gasteiger charge is 1.97. The average Bonchev–Trinajstić information content (AvgIpc) is 2.09. The van der Waals surface area contributed by atoms with Gasteiger partial charge in [0.25, 0.3) is 0 Å². The van der Waals surface area contributed by atoms with Crippen molar-refractivity contribution in [2.24, 2.45) is 0 Å². The average molecular weight is 277 g/mol. The van der Waals surface area contributed by atoms with Gasteiger partial charge in [0.15, 0.2) is 6.79 Å². The van der Waals surface area contributed by atoms with Crippen LogP contribution >= 0.6 is 22.6 Å². The molecule has 0 saturated heterocycles. The minimum absolute atomic E-state index is 0.299. The molecule has 1 radical (unpaired) electrons. The largest absolute Gasteiger partial charge is 0.466 e. The van der Waals surface area contributed by atoms with Crippen molar-refractivity contribution in [2.75, 3.05) is 13.4 Å². The molecule has 0 aromatic heterocycles. The topological polar surface area (TPSA) is 18.5 Å². The maximum absolute atomic E-state index is 5.29. The molecule has 0 unspecified atom stereocenters. The van der Waals surface area contributed by atoms with Crippen LogP contribution in [0.2, 0.25) is 0 Å². The predicted octanol–water partition coefficient (Wildman–Crippen LogP) is 2.46. The van der Waals surface area contributed by atoms with Crippen LogP contribution in [0.15, 0.2) is 18.2 Å². The summed E-state index contributed by atoms with van der Waals surface area (Å²) in [6.45, 7) is 2.90. The summed E-state index contributed by atoms with van der Waals surface area (Å²) < 4.78 is 11.4. The first-order valence-electron chi connectivity index (χ1n) is 3.71. The molecule has 1 rings (SSSR count). The summed E-state index contributed by atoms with van der Waals surface area (Å²) in [4.78, 5) is 0. The summed E-state index contributed by atoms with van der Waals surface area (Å²) in [6.07, 6.45) is 0. The molecule has 12 heavy (non-hydrogen) atoms. The highest BCUT2D eigenvalue weighted by molar-refractivity contribution is 14.1. The van der Waals surface area contributed by atoms with Crippen LogP contribution < -0.4 is 4.74 Å². The van der Waals surface area contributed by atoms with Crippen molar-refractivity contribution in [1.82, 2.24) is 0 Å².